The normalized spacial score (nSPS) is 16.6. The van der Waals surface area contributed by atoms with Crippen molar-refractivity contribution in [1.82, 2.24) is 10.2 Å². The number of hydrogen-bond donors (Lipinski definition) is 1. The van der Waals surface area contributed by atoms with Crippen LogP contribution in [0.1, 0.15) is 49.8 Å². The fourth-order valence-corrected chi connectivity index (χ4v) is 3.95. The molecule has 1 aliphatic heterocycles. The zero-order chi connectivity index (χ0) is 24.8. The Balaban J connectivity index is 1.59. The summed E-state index contributed by atoms with van der Waals surface area (Å²) in [6.45, 7) is 5.55. The third-order valence-electron chi connectivity index (χ3n) is 5.98. The number of benzene rings is 2. The molecule has 8 heteroatoms. The van der Waals surface area contributed by atoms with Crippen molar-refractivity contribution in [3.63, 3.8) is 0 Å². The lowest BCUT2D eigenvalue weighted by molar-refractivity contribution is -0.150. The molecule has 1 fully saturated rings. The van der Waals surface area contributed by atoms with E-state index in [-0.39, 0.29) is 43.4 Å². The monoisotopic (exact) mass is 472 g/mol. The lowest BCUT2D eigenvalue weighted by atomic mass is 10.0. The van der Waals surface area contributed by atoms with E-state index in [1.165, 1.54) is 17.0 Å². The highest BCUT2D eigenvalue weighted by atomic mass is 19.2. The maximum absolute atomic E-state index is 14.1. The van der Waals surface area contributed by atoms with E-state index < -0.39 is 35.6 Å². The first-order chi connectivity index (χ1) is 16.2. The molecule has 182 valence electrons. The second kappa shape index (κ2) is 11.2. The highest BCUT2D eigenvalue weighted by Gasteiger charge is 2.34. The quantitative estimate of drug-likeness (QED) is 0.559. The number of carbonyl (C=O) groups is 3. The number of nitrogens with zero attached hydrogens (tertiary/aromatic N) is 1. The summed E-state index contributed by atoms with van der Waals surface area (Å²) in [6.07, 6.45) is 0.603. The number of hydrogen-bond acceptors (Lipinski definition) is 4. The van der Waals surface area contributed by atoms with Crippen LogP contribution in [0.25, 0.3) is 0 Å². The highest BCUT2D eigenvalue weighted by Crippen LogP contribution is 2.25. The molecule has 0 radical (unpaired) electrons. The van der Waals surface area contributed by atoms with Gasteiger partial charge in [0.05, 0.1) is 0 Å². The smallest absolute Gasteiger partial charge is 0.329 e. The molecule has 0 saturated carbocycles. The lowest BCUT2D eigenvalue weighted by Crippen LogP contribution is -2.47. The van der Waals surface area contributed by atoms with Crippen molar-refractivity contribution in [2.45, 2.75) is 65.3 Å². The van der Waals surface area contributed by atoms with Crippen molar-refractivity contribution >= 4 is 17.8 Å². The standard InChI is InChI=1S/C26H30F2N2O4/c1-16(2)25(26(33)34-15-18-9-7-17(3)8-10-18)29-22(31)13-20-11-12-23(32)30(20)14-19-5-4-6-21(27)24(19)28/h4-10,16,20,25H,11-15H2,1-3H3,(H,29,31)/t20-,25-/m0/s1. The molecule has 1 heterocycles. The summed E-state index contributed by atoms with van der Waals surface area (Å²) in [6, 6.07) is 10.1. The van der Waals surface area contributed by atoms with E-state index in [0.29, 0.717) is 6.42 Å². The van der Waals surface area contributed by atoms with Crippen LogP contribution in [-0.4, -0.2) is 34.8 Å². The first-order valence-electron chi connectivity index (χ1n) is 11.4. The summed E-state index contributed by atoms with van der Waals surface area (Å²) in [5.41, 5.74) is 2.00. The minimum Gasteiger partial charge on any atom is -0.459 e. The zero-order valence-corrected chi connectivity index (χ0v) is 19.6. The third kappa shape index (κ3) is 6.40. The molecule has 3 rings (SSSR count). The summed E-state index contributed by atoms with van der Waals surface area (Å²) in [5.74, 6) is -3.36. The first kappa shape index (κ1) is 25.3. The maximum atomic E-state index is 14.1. The van der Waals surface area contributed by atoms with Gasteiger partial charge in [-0.3, -0.25) is 9.59 Å². The summed E-state index contributed by atoms with van der Waals surface area (Å²) in [7, 11) is 0. The van der Waals surface area contributed by atoms with Crippen LogP contribution in [0.4, 0.5) is 8.78 Å². The van der Waals surface area contributed by atoms with Gasteiger partial charge in [-0.1, -0.05) is 55.8 Å². The van der Waals surface area contributed by atoms with Crippen molar-refractivity contribution < 1.29 is 27.9 Å². The molecule has 2 aromatic rings. The molecule has 0 aliphatic carbocycles. The van der Waals surface area contributed by atoms with Crippen molar-refractivity contribution in [3.8, 4) is 0 Å². The molecule has 0 spiro atoms. The van der Waals surface area contributed by atoms with E-state index in [1.807, 2.05) is 31.2 Å². The fourth-order valence-electron chi connectivity index (χ4n) is 3.95. The average molecular weight is 473 g/mol. The van der Waals surface area contributed by atoms with Crippen molar-refractivity contribution in [2.75, 3.05) is 0 Å². The van der Waals surface area contributed by atoms with Gasteiger partial charge in [-0.15, -0.1) is 0 Å². The van der Waals surface area contributed by atoms with E-state index in [9.17, 15) is 23.2 Å². The van der Waals surface area contributed by atoms with E-state index in [4.69, 9.17) is 4.74 Å². The van der Waals surface area contributed by atoms with Crippen LogP contribution in [0, 0.1) is 24.5 Å². The molecule has 0 unspecified atom stereocenters. The molecule has 2 amide bonds. The Labute approximate surface area is 198 Å². The Morgan fingerprint density at radius 2 is 1.85 bits per heavy atom. The molecule has 6 nitrogen and oxygen atoms in total. The Morgan fingerprint density at radius 3 is 2.53 bits per heavy atom. The molecule has 1 saturated heterocycles. The summed E-state index contributed by atoms with van der Waals surface area (Å²) < 4.78 is 33.1. The van der Waals surface area contributed by atoms with E-state index in [2.05, 4.69) is 5.32 Å². The van der Waals surface area contributed by atoms with E-state index in [1.54, 1.807) is 13.8 Å². The molecule has 34 heavy (non-hydrogen) atoms. The number of aryl methyl sites for hydroxylation is 1. The van der Waals surface area contributed by atoms with Crippen LogP contribution in [-0.2, 0) is 32.3 Å². The predicted molar refractivity (Wildman–Crippen MR) is 122 cm³/mol. The highest BCUT2D eigenvalue weighted by molar-refractivity contribution is 5.86. The van der Waals surface area contributed by atoms with Gasteiger partial charge in [0.2, 0.25) is 11.8 Å². The minimum atomic E-state index is -0.999. The largest absolute Gasteiger partial charge is 0.459 e. The van der Waals surface area contributed by atoms with E-state index in [0.717, 1.165) is 17.2 Å². The third-order valence-corrected chi connectivity index (χ3v) is 5.98. The van der Waals surface area contributed by atoms with Crippen LogP contribution in [0.15, 0.2) is 42.5 Å². The molecular weight excluding hydrogens is 442 g/mol. The second-order valence-electron chi connectivity index (χ2n) is 9.01. The minimum absolute atomic E-state index is 0.0445. The molecular formula is C26H30F2N2O4. The van der Waals surface area contributed by atoms with Crippen LogP contribution in [0.5, 0.6) is 0 Å². The number of amides is 2. The van der Waals surface area contributed by atoms with Crippen LogP contribution >= 0.6 is 0 Å². The lowest BCUT2D eigenvalue weighted by Gasteiger charge is -2.26. The molecule has 0 aromatic heterocycles. The number of esters is 1. The van der Waals surface area contributed by atoms with Crippen molar-refractivity contribution in [3.05, 3.63) is 70.8 Å². The van der Waals surface area contributed by atoms with Gasteiger partial charge in [0.1, 0.15) is 12.6 Å². The molecule has 1 aliphatic rings. The molecule has 2 aromatic carbocycles. The fraction of sp³-hybridized carbons (Fsp3) is 0.423. The summed E-state index contributed by atoms with van der Waals surface area (Å²) in [5, 5.41) is 2.72. The Bertz CT molecular complexity index is 1040. The SMILES string of the molecule is Cc1ccc(COC(=O)[C@@H](NC(=O)C[C@@H]2CCC(=O)N2Cc2cccc(F)c2F)C(C)C)cc1. The predicted octanol–water partition coefficient (Wildman–Crippen LogP) is 4.04. The van der Waals surface area contributed by atoms with Gasteiger partial charge in [0.25, 0.3) is 0 Å². The Kier molecular flexibility index (Phi) is 8.36. The van der Waals surface area contributed by atoms with E-state index >= 15 is 0 Å². The molecule has 0 bridgehead atoms. The Hall–Kier alpha value is -3.29. The van der Waals surface area contributed by atoms with Crippen molar-refractivity contribution in [2.24, 2.45) is 5.92 Å². The number of carbonyl (C=O) groups excluding carboxylic acids is 3. The average Bonchev–Trinajstić information content (AvgIpc) is 3.13. The number of halogens is 2. The van der Waals surface area contributed by atoms with Crippen LogP contribution in [0.2, 0.25) is 0 Å². The molecule has 1 N–H and O–H groups in total. The maximum Gasteiger partial charge on any atom is 0.329 e. The number of ether oxygens (including phenoxy) is 1. The molecule has 2 atom stereocenters. The van der Waals surface area contributed by atoms with Gasteiger partial charge in [-0.2, -0.15) is 0 Å². The number of nitrogens with one attached hydrogen (secondary N) is 1. The van der Waals surface area contributed by atoms with Gasteiger partial charge in [0.15, 0.2) is 11.6 Å². The summed E-state index contributed by atoms with van der Waals surface area (Å²) >= 11 is 0. The van der Waals surface area contributed by atoms with Gasteiger partial charge < -0.3 is 15.0 Å². The van der Waals surface area contributed by atoms with Crippen LogP contribution < -0.4 is 5.32 Å². The zero-order valence-electron chi connectivity index (χ0n) is 19.6. The number of likely N-dealkylation sites (tertiary alicyclic amines) is 1. The van der Waals surface area contributed by atoms with Gasteiger partial charge in [0, 0.05) is 31.0 Å². The first-order valence-corrected chi connectivity index (χ1v) is 11.4. The summed E-state index contributed by atoms with van der Waals surface area (Å²) in [4.78, 5) is 39.2. The van der Waals surface area contributed by atoms with Crippen LogP contribution in [0.3, 0.4) is 0 Å². The Morgan fingerprint density at radius 1 is 1.15 bits per heavy atom. The van der Waals surface area contributed by atoms with Gasteiger partial charge in [-0.25, -0.2) is 13.6 Å². The topological polar surface area (TPSA) is 75.7 Å². The second-order valence-corrected chi connectivity index (χ2v) is 9.01. The van der Waals surface area contributed by atoms with Gasteiger partial charge in [-0.05, 0) is 30.9 Å². The van der Waals surface area contributed by atoms with Crippen molar-refractivity contribution in [1.29, 1.82) is 0 Å². The van der Waals surface area contributed by atoms with Gasteiger partial charge >= 0.3 is 5.97 Å². The number of rotatable bonds is 9.